The van der Waals surface area contributed by atoms with E-state index in [0.717, 1.165) is 13.2 Å². The number of ether oxygens (including phenoxy) is 1. The molecule has 0 aliphatic carbocycles. The number of hydrogen-bond acceptors (Lipinski definition) is 2. The van der Waals surface area contributed by atoms with Gasteiger partial charge < -0.3 is 4.74 Å². The molecule has 0 saturated carbocycles. The van der Waals surface area contributed by atoms with Gasteiger partial charge in [-0.05, 0) is 13.0 Å². The van der Waals surface area contributed by atoms with Crippen LogP contribution >= 0.6 is 0 Å². The molecule has 0 radical (unpaired) electrons. The van der Waals surface area contributed by atoms with Gasteiger partial charge in [-0.25, -0.2) is 9.18 Å². The van der Waals surface area contributed by atoms with E-state index in [0.29, 0.717) is 0 Å². The zero-order valence-electron chi connectivity index (χ0n) is 5.43. The molecule has 0 spiro atoms. The minimum absolute atomic E-state index is 0.854. The number of halogens is 1. The van der Waals surface area contributed by atoms with E-state index in [9.17, 15) is 9.18 Å². The van der Waals surface area contributed by atoms with Crippen molar-refractivity contribution in [2.45, 2.75) is 13.1 Å². The second kappa shape index (κ2) is 4.06. The van der Waals surface area contributed by atoms with Crippen LogP contribution in [-0.4, -0.2) is 19.3 Å². The fourth-order valence-corrected chi connectivity index (χ4v) is 0.360. The molecule has 0 bridgehead atoms. The molecule has 1 unspecified atom stereocenters. The average Bonchev–Trinajstić information content (AvgIpc) is 1.87. The summed E-state index contributed by atoms with van der Waals surface area (Å²) in [6, 6.07) is 0. The van der Waals surface area contributed by atoms with Crippen molar-refractivity contribution in [2.24, 2.45) is 0 Å². The van der Waals surface area contributed by atoms with Crippen molar-refractivity contribution in [3.8, 4) is 0 Å². The van der Waals surface area contributed by atoms with Gasteiger partial charge in [0.15, 0.2) is 0 Å². The van der Waals surface area contributed by atoms with Crippen LogP contribution in [0.4, 0.5) is 4.39 Å². The van der Waals surface area contributed by atoms with Gasteiger partial charge in [-0.2, -0.15) is 0 Å². The van der Waals surface area contributed by atoms with E-state index in [1.54, 1.807) is 6.92 Å². The molecule has 0 heterocycles. The summed E-state index contributed by atoms with van der Waals surface area (Å²) in [5, 5.41) is 0. The Morgan fingerprint density at radius 3 is 2.67 bits per heavy atom. The molecule has 0 aliphatic heterocycles. The van der Waals surface area contributed by atoms with Crippen LogP contribution in [-0.2, 0) is 9.53 Å². The van der Waals surface area contributed by atoms with E-state index in [2.05, 4.69) is 4.74 Å². The fraction of sp³-hybridized carbons (Fsp3) is 0.500. The summed E-state index contributed by atoms with van der Waals surface area (Å²) in [6.07, 6.45) is 0.980. The molecule has 0 saturated heterocycles. The van der Waals surface area contributed by atoms with Gasteiger partial charge in [0.2, 0.25) is 6.17 Å². The maximum absolute atomic E-state index is 12.2. The molecule has 0 aliphatic rings. The summed E-state index contributed by atoms with van der Waals surface area (Å²) < 4.78 is 16.3. The van der Waals surface area contributed by atoms with E-state index in [-0.39, 0.29) is 0 Å². The third-order valence-electron chi connectivity index (χ3n) is 0.788. The van der Waals surface area contributed by atoms with Crippen LogP contribution in [0, 0.1) is 0 Å². The number of alkyl halides is 1. The number of allylic oxidation sites excluding steroid dienone is 1. The average molecular weight is 132 g/mol. The van der Waals surface area contributed by atoms with E-state index >= 15 is 0 Å². The highest BCUT2D eigenvalue weighted by Crippen LogP contribution is 1.94. The van der Waals surface area contributed by atoms with Gasteiger partial charge in [0.1, 0.15) is 0 Å². The number of rotatable bonds is 2. The Bertz CT molecular complexity index is 120. The highest BCUT2D eigenvalue weighted by atomic mass is 19.1. The predicted molar refractivity (Wildman–Crippen MR) is 31.7 cm³/mol. The maximum atomic E-state index is 12.2. The first-order valence-corrected chi connectivity index (χ1v) is 2.57. The summed E-state index contributed by atoms with van der Waals surface area (Å²) >= 11 is 0. The van der Waals surface area contributed by atoms with Crippen molar-refractivity contribution < 1.29 is 13.9 Å². The quantitative estimate of drug-likeness (QED) is 0.415. The van der Waals surface area contributed by atoms with Crippen molar-refractivity contribution in [2.75, 3.05) is 7.11 Å². The molecule has 0 rings (SSSR count). The first-order chi connectivity index (χ1) is 4.22. The highest BCUT2D eigenvalue weighted by Gasteiger charge is 2.11. The largest absolute Gasteiger partial charge is 0.467 e. The van der Waals surface area contributed by atoms with Crippen LogP contribution < -0.4 is 0 Å². The monoisotopic (exact) mass is 132 g/mol. The normalized spacial score (nSPS) is 13.7. The molecule has 0 fully saturated rings. The van der Waals surface area contributed by atoms with Crippen molar-refractivity contribution in [3.05, 3.63) is 12.2 Å². The lowest BCUT2D eigenvalue weighted by molar-refractivity contribution is -0.144. The van der Waals surface area contributed by atoms with Crippen LogP contribution in [0.5, 0.6) is 0 Å². The summed E-state index contributed by atoms with van der Waals surface area (Å²) in [7, 11) is 1.15. The molecule has 3 heteroatoms. The van der Waals surface area contributed by atoms with Gasteiger partial charge in [0.25, 0.3) is 0 Å². The smallest absolute Gasteiger partial charge is 0.344 e. The molecule has 0 aromatic carbocycles. The van der Waals surface area contributed by atoms with Crippen LogP contribution in [0.3, 0.4) is 0 Å². The Morgan fingerprint density at radius 1 is 1.78 bits per heavy atom. The molecule has 1 atom stereocenters. The summed E-state index contributed by atoms with van der Waals surface area (Å²) in [5.74, 6) is -0.854. The molecule has 0 aromatic heterocycles. The molecule has 2 nitrogen and oxygen atoms in total. The van der Waals surface area contributed by atoms with Gasteiger partial charge in [0, 0.05) is 0 Å². The van der Waals surface area contributed by atoms with Crippen molar-refractivity contribution in [1.29, 1.82) is 0 Å². The van der Waals surface area contributed by atoms with Crippen LogP contribution in [0.15, 0.2) is 12.2 Å². The zero-order valence-corrected chi connectivity index (χ0v) is 5.43. The minimum atomic E-state index is -1.61. The Labute approximate surface area is 53.3 Å². The second-order valence-electron chi connectivity index (χ2n) is 1.45. The van der Waals surface area contributed by atoms with E-state index < -0.39 is 12.1 Å². The zero-order chi connectivity index (χ0) is 7.28. The third kappa shape index (κ3) is 2.85. The number of methoxy groups -OCH3 is 1. The van der Waals surface area contributed by atoms with Crippen molar-refractivity contribution >= 4 is 5.97 Å². The Morgan fingerprint density at radius 2 is 2.33 bits per heavy atom. The third-order valence-corrected chi connectivity index (χ3v) is 0.788. The van der Waals surface area contributed by atoms with Crippen LogP contribution in [0.25, 0.3) is 0 Å². The lowest BCUT2D eigenvalue weighted by Gasteiger charge is -1.97. The number of carbonyl (C=O) groups excluding carboxylic acids is 1. The van der Waals surface area contributed by atoms with E-state index in [1.807, 2.05) is 0 Å². The molecular formula is C6H9FO2. The molecule has 0 N–H and O–H groups in total. The van der Waals surface area contributed by atoms with Gasteiger partial charge in [-0.15, -0.1) is 0 Å². The van der Waals surface area contributed by atoms with Crippen LogP contribution in [0.2, 0.25) is 0 Å². The maximum Gasteiger partial charge on any atom is 0.344 e. The molecule has 0 amide bonds. The molecule has 52 valence electrons. The SMILES string of the molecule is C/C=C/C(F)C(=O)OC. The minimum Gasteiger partial charge on any atom is -0.467 e. The first-order valence-electron chi connectivity index (χ1n) is 2.57. The van der Waals surface area contributed by atoms with Gasteiger partial charge in [-0.1, -0.05) is 6.08 Å². The molecular weight excluding hydrogens is 123 g/mol. The summed E-state index contributed by atoms with van der Waals surface area (Å²) in [4.78, 5) is 10.3. The molecule has 9 heavy (non-hydrogen) atoms. The number of esters is 1. The number of carbonyl (C=O) groups is 1. The Balaban J connectivity index is 3.72. The Kier molecular flexibility index (Phi) is 3.67. The lowest BCUT2D eigenvalue weighted by atomic mass is 10.3. The van der Waals surface area contributed by atoms with E-state index in [1.165, 1.54) is 6.08 Å². The van der Waals surface area contributed by atoms with Crippen molar-refractivity contribution in [1.82, 2.24) is 0 Å². The van der Waals surface area contributed by atoms with Gasteiger partial charge >= 0.3 is 5.97 Å². The summed E-state index contributed by atoms with van der Waals surface area (Å²) in [5.41, 5.74) is 0. The standard InChI is InChI=1S/C6H9FO2/c1-3-4-5(7)6(8)9-2/h3-5H,1-2H3/b4-3+. The second-order valence-corrected chi connectivity index (χ2v) is 1.45. The number of hydrogen-bond donors (Lipinski definition) is 0. The van der Waals surface area contributed by atoms with Crippen LogP contribution in [0.1, 0.15) is 6.92 Å². The van der Waals surface area contributed by atoms with Crippen molar-refractivity contribution in [3.63, 3.8) is 0 Å². The highest BCUT2D eigenvalue weighted by molar-refractivity contribution is 5.76. The fourth-order valence-electron chi connectivity index (χ4n) is 0.360. The summed E-state index contributed by atoms with van der Waals surface area (Å²) in [6.45, 7) is 1.63. The van der Waals surface area contributed by atoms with E-state index in [4.69, 9.17) is 0 Å². The Hall–Kier alpha value is -0.860. The predicted octanol–water partition coefficient (Wildman–Crippen LogP) is 1.07. The molecule has 0 aromatic rings. The topological polar surface area (TPSA) is 26.3 Å². The lowest BCUT2D eigenvalue weighted by Crippen LogP contribution is -2.13. The van der Waals surface area contributed by atoms with Gasteiger partial charge in [0.05, 0.1) is 7.11 Å². The van der Waals surface area contributed by atoms with Gasteiger partial charge in [-0.3, -0.25) is 0 Å². The first kappa shape index (κ1) is 8.14.